The number of amides is 1. The lowest BCUT2D eigenvalue weighted by Crippen LogP contribution is -2.48. The second-order valence-electron chi connectivity index (χ2n) is 7.20. The molecular formula is C22H21N5OS. The Balaban J connectivity index is 1.24. The van der Waals surface area contributed by atoms with Crippen molar-refractivity contribution in [1.82, 2.24) is 24.8 Å². The number of fused-ring (bicyclic) bond motifs is 1. The first kappa shape index (κ1) is 18.0. The number of piperazine rings is 1. The predicted molar refractivity (Wildman–Crippen MR) is 115 cm³/mol. The number of carbonyl (C=O) groups excluding carboxylic acids is 1. The van der Waals surface area contributed by atoms with Gasteiger partial charge in [-0.1, -0.05) is 24.3 Å². The molecule has 7 heteroatoms. The zero-order valence-electron chi connectivity index (χ0n) is 15.9. The number of nitrogens with zero attached hydrogens (tertiary/aromatic N) is 4. The quantitative estimate of drug-likeness (QED) is 0.565. The molecule has 29 heavy (non-hydrogen) atoms. The van der Waals surface area contributed by atoms with Crippen LogP contribution < -0.4 is 0 Å². The molecule has 1 saturated heterocycles. The van der Waals surface area contributed by atoms with Gasteiger partial charge in [0.05, 0.1) is 11.4 Å². The lowest BCUT2D eigenvalue weighted by atomic mass is 10.2. The van der Waals surface area contributed by atoms with Crippen LogP contribution in [0.25, 0.3) is 21.6 Å². The Kier molecular flexibility index (Phi) is 4.83. The van der Waals surface area contributed by atoms with Crippen molar-refractivity contribution in [2.45, 2.75) is 6.54 Å². The summed E-state index contributed by atoms with van der Waals surface area (Å²) in [4.78, 5) is 29.5. The maximum absolute atomic E-state index is 12.9. The summed E-state index contributed by atoms with van der Waals surface area (Å²) in [5.74, 6) is 0.0149. The Bertz CT molecular complexity index is 1100. The molecule has 1 aromatic carbocycles. The largest absolute Gasteiger partial charge is 0.353 e. The number of pyridine rings is 1. The minimum absolute atomic E-state index is 0.0149. The Morgan fingerprint density at radius 1 is 1.07 bits per heavy atom. The lowest BCUT2D eigenvalue weighted by Gasteiger charge is -2.34. The van der Waals surface area contributed by atoms with Crippen LogP contribution in [0.1, 0.15) is 16.2 Å². The van der Waals surface area contributed by atoms with Gasteiger partial charge in [0.15, 0.2) is 0 Å². The number of rotatable bonds is 4. The number of hydrogen-bond acceptors (Lipinski definition) is 5. The summed E-state index contributed by atoms with van der Waals surface area (Å²) in [6, 6.07) is 16.2. The summed E-state index contributed by atoms with van der Waals surface area (Å²) < 4.78 is 0. The molecule has 5 rings (SSSR count). The number of H-pyrrole nitrogens is 1. The van der Waals surface area contributed by atoms with Crippen LogP contribution >= 0.6 is 11.3 Å². The fourth-order valence-corrected chi connectivity index (χ4v) is 4.44. The highest BCUT2D eigenvalue weighted by atomic mass is 32.1. The Labute approximate surface area is 172 Å². The van der Waals surface area contributed by atoms with Gasteiger partial charge < -0.3 is 9.88 Å². The average Bonchev–Trinajstić information content (AvgIpc) is 3.42. The SMILES string of the molecule is O=C(c1csc(-c2cc3ccccc3[nH]2)n1)N1CCN(Cc2ccccn2)CC1. The summed E-state index contributed by atoms with van der Waals surface area (Å²) in [7, 11) is 0. The highest BCUT2D eigenvalue weighted by Gasteiger charge is 2.24. The number of nitrogens with one attached hydrogen (secondary N) is 1. The highest BCUT2D eigenvalue weighted by molar-refractivity contribution is 7.13. The molecule has 0 aliphatic carbocycles. The molecule has 0 radical (unpaired) electrons. The fourth-order valence-electron chi connectivity index (χ4n) is 3.68. The van der Waals surface area contributed by atoms with E-state index in [1.54, 1.807) is 0 Å². The van der Waals surface area contributed by atoms with Gasteiger partial charge >= 0.3 is 0 Å². The van der Waals surface area contributed by atoms with Gasteiger partial charge in [0.1, 0.15) is 10.7 Å². The van der Waals surface area contributed by atoms with Gasteiger partial charge in [-0.25, -0.2) is 4.98 Å². The first-order valence-electron chi connectivity index (χ1n) is 9.71. The highest BCUT2D eigenvalue weighted by Crippen LogP contribution is 2.27. The molecule has 1 amide bonds. The summed E-state index contributed by atoms with van der Waals surface area (Å²) in [5, 5.41) is 3.86. The van der Waals surface area contributed by atoms with Crippen molar-refractivity contribution in [1.29, 1.82) is 0 Å². The smallest absolute Gasteiger partial charge is 0.273 e. The van der Waals surface area contributed by atoms with Gasteiger partial charge in [-0.15, -0.1) is 11.3 Å². The normalized spacial score (nSPS) is 15.1. The van der Waals surface area contributed by atoms with E-state index in [-0.39, 0.29) is 5.91 Å². The van der Waals surface area contributed by atoms with Crippen LogP contribution in [0.15, 0.2) is 60.1 Å². The molecule has 1 fully saturated rings. The summed E-state index contributed by atoms with van der Waals surface area (Å²) in [6.45, 7) is 3.95. The third kappa shape index (κ3) is 3.79. The molecule has 3 aromatic heterocycles. The predicted octanol–water partition coefficient (Wildman–Crippen LogP) is 3.64. The molecule has 1 aliphatic heterocycles. The number of benzene rings is 1. The molecular weight excluding hydrogens is 382 g/mol. The first-order chi connectivity index (χ1) is 14.3. The fraction of sp³-hybridized carbons (Fsp3) is 0.227. The number of aromatic nitrogens is 3. The van der Waals surface area contributed by atoms with Crippen molar-refractivity contribution >= 4 is 28.1 Å². The zero-order valence-corrected chi connectivity index (χ0v) is 16.7. The third-order valence-corrected chi connectivity index (χ3v) is 6.13. The number of para-hydroxylation sites is 1. The number of thiazole rings is 1. The number of aromatic amines is 1. The Hall–Kier alpha value is -3.03. The molecule has 0 atom stereocenters. The standard InChI is InChI=1S/C22H21N5OS/c28-22(27-11-9-26(10-12-27)14-17-6-3-4-8-23-17)20-15-29-21(25-20)19-13-16-5-1-2-7-18(16)24-19/h1-8,13,15,24H,9-12,14H2. The van der Waals surface area contributed by atoms with Crippen molar-refractivity contribution in [3.8, 4) is 10.7 Å². The van der Waals surface area contributed by atoms with E-state index in [0.29, 0.717) is 18.8 Å². The molecule has 1 aliphatic rings. The van der Waals surface area contributed by atoms with Crippen LogP contribution in [0, 0.1) is 0 Å². The van der Waals surface area contributed by atoms with Gasteiger partial charge in [-0.05, 0) is 24.3 Å². The van der Waals surface area contributed by atoms with Gasteiger partial charge in [-0.2, -0.15) is 0 Å². The van der Waals surface area contributed by atoms with Gasteiger partial charge in [0.25, 0.3) is 5.91 Å². The van der Waals surface area contributed by atoms with Crippen LogP contribution in [-0.2, 0) is 6.54 Å². The molecule has 4 heterocycles. The summed E-state index contributed by atoms with van der Waals surface area (Å²) >= 11 is 1.50. The van der Waals surface area contributed by atoms with Crippen LogP contribution in [0.4, 0.5) is 0 Å². The van der Waals surface area contributed by atoms with E-state index in [9.17, 15) is 4.79 Å². The minimum Gasteiger partial charge on any atom is -0.353 e. The van der Waals surface area contributed by atoms with E-state index >= 15 is 0 Å². The zero-order chi connectivity index (χ0) is 19.6. The Morgan fingerprint density at radius 2 is 1.90 bits per heavy atom. The number of carbonyl (C=O) groups is 1. The lowest BCUT2D eigenvalue weighted by molar-refractivity contribution is 0.0622. The van der Waals surface area contributed by atoms with Gasteiger partial charge in [-0.3, -0.25) is 14.7 Å². The molecule has 0 bridgehead atoms. The van der Waals surface area contributed by atoms with E-state index in [2.05, 4.69) is 32.0 Å². The van der Waals surface area contributed by atoms with Crippen LogP contribution in [0.5, 0.6) is 0 Å². The molecule has 6 nitrogen and oxygen atoms in total. The van der Waals surface area contributed by atoms with E-state index in [1.807, 2.05) is 52.9 Å². The van der Waals surface area contributed by atoms with Crippen molar-refractivity contribution in [3.63, 3.8) is 0 Å². The van der Waals surface area contributed by atoms with Crippen LogP contribution in [-0.4, -0.2) is 56.8 Å². The molecule has 0 saturated carbocycles. The van der Waals surface area contributed by atoms with Gasteiger partial charge in [0, 0.05) is 55.2 Å². The second-order valence-corrected chi connectivity index (χ2v) is 8.06. The maximum Gasteiger partial charge on any atom is 0.273 e. The molecule has 1 N–H and O–H groups in total. The molecule has 146 valence electrons. The van der Waals surface area contributed by atoms with Gasteiger partial charge in [0.2, 0.25) is 0 Å². The van der Waals surface area contributed by atoms with Crippen molar-refractivity contribution in [2.75, 3.05) is 26.2 Å². The topological polar surface area (TPSA) is 65.1 Å². The minimum atomic E-state index is 0.0149. The van der Waals surface area contributed by atoms with E-state index < -0.39 is 0 Å². The third-order valence-electron chi connectivity index (χ3n) is 5.25. The first-order valence-corrected chi connectivity index (χ1v) is 10.6. The summed E-state index contributed by atoms with van der Waals surface area (Å²) in [6.07, 6.45) is 1.82. The van der Waals surface area contributed by atoms with E-state index in [4.69, 9.17) is 0 Å². The maximum atomic E-state index is 12.9. The second kappa shape index (κ2) is 7.77. The monoisotopic (exact) mass is 403 g/mol. The molecule has 0 unspecified atom stereocenters. The van der Waals surface area contributed by atoms with Crippen LogP contribution in [0.2, 0.25) is 0 Å². The average molecular weight is 404 g/mol. The van der Waals surface area contributed by atoms with Crippen molar-refractivity contribution in [3.05, 3.63) is 71.5 Å². The van der Waals surface area contributed by atoms with Crippen molar-refractivity contribution in [2.24, 2.45) is 0 Å². The molecule has 0 spiro atoms. The number of hydrogen-bond donors (Lipinski definition) is 1. The Morgan fingerprint density at radius 3 is 2.69 bits per heavy atom. The van der Waals surface area contributed by atoms with Crippen LogP contribution in [0.3, 0.4) is 0 Å². The van der Waals surface area contributed by atoms with Crippen molar-refractivity contribution < 1.29 is 4.79 Å². The molecule has 4 aromatic rings. The summed E-state index contributed by atoms with van der Waals surface area (Å²) in [5.41, 5.74) is 3.63. The van der Waals surface area contributed by atoms with E-state index in [0.717, 1.165) is 46.9 Å². The van der Waals surface area contributed by atoms with E-state index in [1.165, 1.54) is 11.3 Å².